The van der Waals surface area contributed by atoms with Crippen LogP contribution in [0, 0.1) is 0 Å². The van der Waals surface area contributed by atoms with Crippen LogP contribution < -0.4 is 11.1 Å². The van der Waals surface area contributed by atoms with Crippen molar-refractivity contribution >= 4 is 5.91 Å². The number of nitrogens with two attached hydrogens (primary N) is 1. The average Bonchev–Trinajstić information content (AvgIpc) is 2.72. The zero-order chi connectivity index (χ0) is 21.2. The summed E-state index contributed by atoms with van der Waals surface area (Å²) < 4.78 is 0. The molecular weight excluding hydrogens is 360 g/mol. The standard InChI is InChI=1S/C25H44N2O2/c1-2-3-4-5-6-7-8-9-10-11-12-13-14-15-20-27-25(29)24(26)21-22-16-18-23(28)19-17-22/h16-19,24,28H,2-15,20-21,26H2,1H3,(H,27,29)/t24-/m0/s1. The van der Waals surface area contributed by atoms with E-state index in [4.69, 9.17) is 5.73 Å². The number of amides is 1. The number of rotatable bonds is 18. The van der Waals surface area contributed by atoms with Crippen LogP contribution in [0.15, 0.2) is 24.3 Å². The van der Waals surface area contributed by atoms with Gasteiger partial charge in [0.25, 0.3) is 0 Å². The van der Waals surface area contributed by atoms with Crippen molar-refractivity contribution in [2.45, 2.75) is 109 Å². The van der Waals surface area contributed by atoms with E-state index in [9.17, 15) is 9.90 Å². The molecule has 0 aromatic heterocycles. The van der Waals surface area contributed by atoms with E-state index in [1.165, 1.54) is 83.5 Å². The maximum absolute atomic E-state index is 12.1. The zero-order valence-electron chi connectivity index (χ0n) is 18.6. The minimum atomic E-state index is -0.536. The molecule has 0 fully saturated rings. The Kier molecular flexibility index (Phi) is 15.2. The Labute approximate surface area is 178 Å². The zero-order valence-corrected chi connectivity index (χ0v) is 18.6. The summed E-state index contributed by atoms with van der Waals surface area (Å²) in [4.78, 5) is 12.1. The fourth-order valence-corrected chi connectivity index (χ4v) is 3.64. The molecule has 0 saturated heterocycles. The number of nitrogens with one attached hydrogen (secondary N) is 1. The normalized spacial score (nSPS) is 12.1. The van der Waals surface area contributed by atoms with Crippen LogP contribution in [0.4, 0.5) is 0 Å². The molecule has 29 heavy (non-hydrogen) atoms. The van der Waals surface area contributed by atoms with Gasteiger partial charge in [0.05, 0.1) is 6.04 Å². The molecule has 166 valence electrons. The first-order valence-corrected chi connectivity index (χ1v) is 11.9. The number of hydrogen-bond acceptors (Lipinski definition) is 3. The molecular formula is C25H44N2O2. The quantitative estimate of drug-likeness (QED) is 0.268. The molecule has 1 amide bonds. The van der Waals surface area contributed by atoms with E-state index in [-0.39, 0.29) is 11.7 Å². The van der Waals surface area contributed by atoms with Crippen LogP contribution in [0.2, 0.25) is 0 Å². The third-order valence-electron chi connectivity index (χ3n) is 5.56. The van der Waals surface area contributed by atoms with Crippen LogP contribution in [0.1, 0.15) is 102 Å². The second-order valence-corrected chi connectivity index (χ2v) is 8.36. The van der Waals surface area contributed by atoms with E-state index in [1.54, 1.807) is 24.3 Å². The van der Waals surface area contributed by atoms with Gasteiger partial charge in [-0.2, -0.15) is 0 Å². The summed E-state index contributed by atoms with van der Waals surface area (Å²) >= 11 is 0. The summed E-state index contributed by atoms with van der Waals surface area (Å²) in [5, 5.41) is 12.2. The average molecular weight is 405 g/mol. The van der Waals surface area contributed by atoms with E-state index < -0.39 is 6.04 Å². The molecule has 0 aliphatic rings. The van der Waals surface area contributed by atoms with Crippen molar-refractivity contribution < 1.29 is 9.90 Å². The van der Waals surface area contributed by atoms with Gasteiger partial charge < -0.3 is 16.2 Å². The Morgan fingerprint density at radius 3 is 1.76 bits per heavy atom. The topological polar surface area (TPSA) is 75.4 Å². The molecule has 0 bridgehead atoms. The number of benzene rings is 1. The largest absolute Gasteiger partial charge is 0.508 e. The number of unbranched alkanes of at least 4 members (excludes halogenated alkanes) is 13. The van der Waals surface area contributed by atoms with Crippen LogP contribution >= 0.6 is 0 Å². The van der Waals surface area contributed by atoms with Gasteiger partial charge >= 0.3 is 0 Å². The summed E-state index contributed by atoms with van der Waals surface area (Å²) in [6.07, 6.45) is 19.2. The van der Waals surface area contributed by atoms with Crippen LogP contribution in [0.25, 0.3) is 0 Å². The highest BCUT2D eigenvalue weighted by molar-refractivity contribution is 5.81. The van der Waals surface area contributed by atoms with Crippen LogP contribution in [0.5, 0.6) is 5.75 Å². The second kappa shape index (κ2) is 17.3. The number of aromatic hydroxyl groups is 1. The van der Waals surface area contributed by atoms with Gasteiger partial charge in [0.1, 0.15) is 5.75 Å². The first kappa shape index (κ1) is 25.5. The summed E-state index contributed by atoms with van der Waals surface area (Å²) in [7, 11) is 0. The Bertz CT molecular complexity index is 516. The molecule has 0 unspecified atom stereocenters. The van der Waals surface area contributed by atoms with E-state index in [0.29, 0.717) is 13.0 Å². The lowest BCUT2D eigenvalue weighted by molar-refractivity contribution is -0.122. The number of hydrogen-bond donors (Lipinski definition) is 3. The number of phenolic OH excluding ortho intramolecular Hbond substituents is 1. The summed E-state index contributed by atoms with van der Waals surface area (Å²) in [6.45, 7) is 2.98. The molecule has 0 spiro atoms. The fourth-order valence-electron chi connectivity index (χ4n) is 3.64. The van der Waals surface area contributed by atoms with Crippen molar-refractivity contribution in [1.82, 2.24) is 5.32 Å². The number of carbonyl (C=O) groups is 1. The summed E-state index contributed by atoms with van der Waals surface area (Å²) in [5.74, 6) is 0.136. The Balaban J connectivity index is 1.87. The molecule has 1 aromatic carbocycles. The molecule has 4 N–H and O–H groups in total. The van der Waals surface area contributed by atoms with Crippen molar-refractivity contribution in [2.24, 2.45) is 5.73 Å². The van der Waals surface area contributed by atoms with Gasteiger partial charge in [-0.1, -0.05) is 103 Å². The van der Waals surface area contributed by atoms with Crippen molar-refractivity contribution in [3.05, 3.63) is 29.8 Å². The lowest BCUT2D eigenvalue weighted by Crippen LogP contribution is -2.42. The predicted octanol–water partition coefficient (Wildman–Crippen LogP) is 5.86. The molecule has 0 heterocycles. The fraction of sp³-hybridized carbons (Fsp3) is 0.720. The van der Waals surface area contributed by atoms with E-state index in [0.717, 1.165) is 12.0 Å². The second-order valence-electron chi connectivity index (χ2n) is 8.36. The highest BCUT2D eigenvalue weighted by Gasteiger charge is 2.13. The lowest BCUT2D eigenvalue weighted by Gasteiger charge is -2.12. The number of phenols is 1. The minimum absolute atomic E-state index is 0.0900. The van der Waals surface area contributed by atoms with Crippen LogP contribution in [-0.2, 0) is 11.2 Å². The molecule has 4 nitrogen and oxygen atoms in total. The van der Waals surface area contributed by atoms with Crippen LogP contribution in [0.3, 0.4) is 0 Å². The van der Waals surface area contributed by atoms with Gasteiger partial charge in [-0.05, 0) is 30.5 Å². The van der Waals surface area contributed by atoms with Crippen molar-refractivity contribution in [1.29, 1.82) is 0 Å². The molecule has 0 aliphatic heterocycles. The predicted molar refractivity (Wildman–Crippen MR) is 123 cm³/mol. The SMILES string of the molecule is CCCCCCCCCCCCCCCCNC(=O)[C@@H](N)Cc1ccc(O)cc1. The summed E-state index contributed by atoms with van der Waals surface area (Å²) in [5.41, 5.74) is 6.93. The Hall–Kier alpha value is -1.55. The molecule has 1 atom stereocenters. The first-order chi connectivity index (χ1) is 14.1. The van der Waals surface area contributed by atoms with Gasteiger partial charge in [0, 0.05) is 6.54 Å². The number of carbonyl (C=O) groups excluding carboxylic acids is 1. The van der Waals surface area contributed by atoms with Gasteiger partial charge in [0.2, 0.25) is 5.91 Å². The van der Waals surface area contributed by atoms with Crippen LogP contribution in [-0.4, -0.2) is 23.6 Å². The molecule has 1 aromatic rings. The third-order valence-corrected chi connectivity index (χ3v) is 5.56. The van der Waals surface area contributed by atoms with E-state index in [2.05, 4.69) is 12.2 Å². The molecule has 0 aliphatic carbocycles. The Morgan fingerprint density at radius 1 is 0.828 bits per heavy atom. The molecule has 0 saturated carbocycles. The molecule has 1 rings (SSSR count). The maximum Gasteiger partial charge on any atom is 0.237 e. The van der Waals surface area contributed by atoms with Crippen molar-refractivity contribution in [3.63, 3.8) is 0 Å². The third kappa shape index (κ3) is 14.1. The van der Waals surface area contributed by atoms with E-state index in [1.807, 2.05) is 0 Å². The van der Waals surface area contributed by atoms with E-state index >= 15 is 0 Å². The van der Waals surface area contributed by atoms with Gasteiger partial charge in [-0.15, -0.1) is 0 Å². The van der Waals surface area contributed by atoms with Gasteiger partial charge in [-0.25, -0.2) is 0 Å². The lowest BCUT2D eigenvalue weighted by atomic mass is 10.0. The minimum Gasteiger partial charge on any atom is -0.508 e. The first-order valence-electron chi connectivity index (χ1n) is 11.9. The smallest absolute Gasteiger partial charge is 0.237 e. The van der Waals surface area contributed by atoms with Crippen molar-refractivity contribution in [3.8, 4) is 5.75 Å². The highest BCUT2D eigenvalue weighted by Crippen LogP contribution is 2.13. The van der Waals surface area contributed by atoms with Gasteiger partial charge in [0.15, 0.2) is 0 Å². The molecule has 4 heteroatoms. The summed E-state index contributed by atoms with van der Waals surface area (Å²) in [6, 6.07) is 6.31. The Morgan fingerprint density at radius 2 is 1.28 bits per heavy atom. The van der Waals surface area contributed by atoms with Crippen molar-refractivity contribution in [2.75, 3.05) is 6.54 Å². The van der Waals surface area contributed by atoms with Gasteiger partial charge in [-0.3, -0.25) is 4.79 Å². The molecule has 0 radical (unpaired) electrons. The maximum atomic E-state index is 12.1. The monoisotopic (exact) mass is 404 g/mol. The highest BCUT2D eigenvalue weighted by atomic mass is 16.3.